The number of aliphatic hydroxyl groups is 1. The van der Waals surface area contributed by atoms with Gasteiger partial charge < -0.3 is 10.4 Å². The van der Waals surface area contributed by atoms with E-state index in [1.807, 2.05) is 0 Å². The van der Waals surface area contributed by atoms with Gasteiger partial charge in [-0.1, -0.05) is 25.0 Å². The number of aromatic amines is 1. The van der Waals surface area contributed by atoms with Crippen LogP contribution in [0.4, 0.5) is 4.39 Å². The lowest BCUT2D eigenvalue weighted by Gasteiger charge is -2.28. The number of carbonyl (C=O) groups excluding carboxylic acids is 1. The van der Waals surface area contributed by atoms with Crippen molar-refractivity contribution in [2.45, 2.75) is 31.2 Å². The molecule has 1 heterocycles. The lowest BCUT2D eigenvalue weighted by atomic mass is 9.98. The largest absolute Gasteiger partial charge is 0.394 e. The topological polar surface area (TPSA) is 78.0 Å². The predicted octanol–water partition coefficient (Wildman–Crippen LogP) is 3.40. The molecule has 1 aliphatic carbocycles. The zero-order valence-corrected chi connectivity index (χ0v) is 14.3. The third-order valence-electron chi connectivity index (χ3n) is 5.17. The lowest BCUT2D eigenvalue weighted by molar-refractivity contribution is 0.0838. The minimum atomic E-state index is -0.520. The molecule has 2 aromatic carbocycles. The molecule has 3 aromatic rings. The second-order valence-corrected chi connectivity index (χ2v) is 6.94. The molecule has 0 bridgehead atoms. The van der Waals surface area contributed by atoms with Gasteiger partial charge in [-0.3, -0.25) is 9.89 Å². The second-order valence-electron chi connectivity index (χ2n) is 6.94. The van der Waals surface area contributed by atoms with Gasteiger partial charge in [-0.05, 0) is 43.2 Å². The van der Waals surface area contributed by atoms with Gasteiger partial charge in [0.25, 0.3) is 5.91 Å². The van der Waals surface area contributed by atoms with Crippen molar-refractivity contribution >= 4 is 16.8 Å². The Morgan fingerprint density at radius 2 is 2.04 bits per heavy atom. The van der Waals surface area contributed by atoms with E-state index in [2.05, 4.69) is 15.5 Å². The molecule has 3 N–H and O–H groups in total. The number of aliphatic hydroxyl groups excluding tert-OH is 1. The highest BCUT2D eigenvalue weighted by atomic mass is 19.1. The van der Waals surface area contributed by atoms with Crippen molar-refractivity contribution in [2.75, 3.05) is 6.61 Å². The summed E-state index contributed by atoms with van der Waals surface area (Å²) >= 11 is 0. The van der Waals surface area contributed by atoms with E-state index in [9.17, 15) is 14.3 Å². The Hall–Kier alpha value is -2.73. The number of carbonyl (C=O) groups is 1. The summed E-state index contributed by atoms with van der Waals surface area (Å²) in [5.74, 6) is -0.548. The normalized spacial score (nSPS) is 16.1. The molecular weight excluding hydrogens is 333 g/mol. The maximum atomic E-state index is 13.5. The molecule has 0 spiro atoms. The Bertz CT molecular complexity index is 961. The van der Waals surface area contributed by atoms with Crippen molar-refractivity contribution in [3.63, 3.8) is 0 Å². The Balaban J connectivity index is 1.69. The van der Waals surface area contributed by atoms with Crippen molar-refractivity contribution in [3.05, 3.63) is 53.8 Å². The molecule has 1 saturated carbocycles. The average Bonchev–Trinajstić information content (AvgIpc) is 3.28. The van der Waals surface area contributed by atoms with Gasteiger partial charge in [0.05, 0.1) is 17.7 Å². The van der Waals surface area contributed by atoms with E-state index in [-0.39, 0.29) is 18.3 Å². The van der Waals surface area contributed by atoms with Crippen molar-refractivity contribution in [1.82, 2.24) is 15.5 Å². The molecule has 26 heavy (non-hydrogen) atoms. The third-order valence-corrected chi connectivity index (χ3v) is 5.17. The Morgan fingerprint density at radius 1 is 1.23 bits per heavy atom. The van der Waals surface area contributed by atoms with Crippen molar-refractivity contribution in [2.24, 2.45) is 0 Å². The molecule has 0 saturated heterocycles. The molecular formula is C20H20FN3O2. The lowest BCUT2D eigenvalue weighted by Crippen LogP contribution is -2.49. The first-order valence-corrected chi connectivity index (χ1v) is 8.78. The van der Waals surface area contributed by atoms with Crippen molar-refractivity contribution in [1.29, 1.82) is 0 Å². The molecule has 1 aromatic heterocycles. The number of nitrogens with one attached hydrogen (secondary N) is 2. The molecule has 4 rings (SSSR count). The fraction of sp³-hybridized carbons (Fsp3) is 0.300. The predicted molar refractivity (Wildman–Crippen MR) is 97.2 cm³/mol. The summed E-state index contributed by atoms with van der Waals surface area (Å²) in [5.41, 5.74) is 2.01. The molecule has 6 heteroatoms. The summed E-state index contributed by atoms with van der Waals surface area (Å²) in [6, 6.07) is 11.5. The minimum Gasteiger partial charge on any atom is -0.394 e. The number of benzene rings is 2. The number of aromatic nitrogens is 2. The van der Waals surface area contributed by atoms with E-state index in [4.69, 9.17) is 0 Å². The molecule has 134 valence electrons. The molecule has 0 atom stereocenters. The van der Waals surface area contributed by atoms with Crippen LogP contribution in [0.2, 0.25) is 0 Å². The van der Waals surface area contributed by atoms with E-state index in [0.717, 1.165) is 36.6 Å². The molecule has 5 nitrogen and oxygen atoms in total. The van der Waals surface area contributed by atoms with E-state index in [0.29, 0.717) is 16.8 Å². The summed E-state index contributed by atoms with van der Waals surface area (Å²) in [6.45, 7) is -0.0543. The maximum Gasteiger partial charge on any atom is 0.251 e. The van der Waals surface area contributed by atoms with Crippen LogP contribution in [-0.2, 0) is 0 Å². The summed E-state index contributed by atoms with van der Waals surface area (Å²) in [7, 11) is 0. The van der Waals surface area contributed by atoms with Crippen molar-refractivity contribution < 1.29 is 14.3 Å². The molecule has 0 aliphatic heterocycles. The van der Waals surface area contributed by atoms with Crippen LogP contribution in [0.3, 0.4) is 0 Å². The molecule has 1 amide bonds. The number of hydrogen-bond donors (Lipinski definition) is 3. The molecule has 0 radical (unpaired) electrons. The Kier molecular flexibility index (Phi) is 4.20. The standard InChI is InChI=1S/C20H20FN3O2/c21-15-5-3-4-13(10-15)18-16-11-14(6-7-17(16)23-24-18)19(26)22-20(12-25)8-1-2-9-20/h3-7,10-11,25H,1-2,8-9,12H2,(H,22,26)(H,23,24). The number of H-pyrrole nitrogens is 1. The van der Waals surface area contributed by atoms with Crippen molar-refractivity contribution in [3.8, 4) is 11.3 Å². The number of amides is 1. The molecule has 1 fully saturated rings. The summed E-state index contributed by atoms with van der Waals surface area (Å²) < 4.78 is 13.5. The van der Waals surface area contributed by atoms with Crippen LogP contribution < -0.4 is 5.32 Å². The summed E-state index contributed by atoms with van der Waals surface area (Å²) in [4.78, 5) is 12.7. The van der Waals surface area contributed by atoms with E-state index in [1.54, 1.807) is 30.3 Å². The number of fused-ring (bicyclic) bond motifs is 1. The van der Waals surface area contributed by atoms with Crippen LogP contribution in [0.5, 0.6) is 0 Å². The first-order chi connectivity index (χ1) is 12.6. The highest BCUT2D eigenvalue weighted by Crippen LogP contribution is 2.30. The highest BCUT2D eigenvalue weighted by Gasteiger charge is 2.34. The molecule has 0 unspecified atom stereocenters. The van der Waals surface area contributed by atoms with Crippen LogP contribution >= 0.6 is 0 Å². The monoisotopic (exact) mass is 353 g/mol. The van der Waals surface area contributed by atoms with Crippen LogP contribution in [0, 0.1) is 5.82 Å². The van der Waals surface area contributed by atoms with Gasteiger partial charge in [0, 0.05) is 16.5 Å². The summed E-state index contributed by atoms with van der Waals surface area (Å²) in [5, 5.41) is 20.7. The number of halogens is 1. The zero-order chi connectivity index (χ0) is 18.1. The summed E-state index contributed by atoms with van der Waals surface area (Å²) in [6.07, 6.45) is 3.59. The van der Waals surface area contributed by atoms with Crippen LogP contribution in [0.15, 0.2) is 42.5 Å². The second kappa shape index (κ2) is 6.53. The number of nitrogens with zero attached hydrogens (tertiary/aromatic N) is 1. The smallest absolute Gasteiger partial charge is 0.251 e. The average molecular weight is 353 g/mol. The van der Waals surface area contributed by atoms with Gasteiger partial charge in [0.1, 0.15) is 11.5 Å². The van der Waals surface area contributed by atoms with Crippen LogP contribution in [0.25, 0.3) is 22.2 Å². The Labute approximate surface area is 150 Å². The fourth-order valence-electron chi connectivity index (χ4n) is 3.70. The van der Waals surface area contributed by atoms with Gasteiger partial charge in [-0.25, -0.2) is 4.39 Å². The van der Waals surface area contributed by atoms with E-state index < -0.39 is 5.54 Å². The fourth-order valence-corrected chi connectivity index (χ4v) is 3.70. The van der Waals surface area contributed by atoms with Gasteiger partial charge in [-0.15, -0.1) is 0 Å². The first-order valence-electron chi connectivity index (χ1n) is 8.78. The van der Waals surface area contributed by atoms with Gasteiger partial charge in [0.2, 0.25) is 0 Å². The van der Waals surface area contributed by atoms with Crippen LogP contribution in [-0.4, -0.2) is 33.4 Å². The SMILES string of the molecule is O=C(NC1(CO)CCCC1)c1ccc2[nH]nc(-c3cccc(F)c3)c2c1. The quantitative estimate of drug-likeness (QED) is 0.673. The van der Waals surface area contributed by atoms with E-state index >= 15 is 0 Å². The zero-order valence-electron chi connectivity index (χ0n) is 14.3. The number of hydrogen-bond acceptors (Lipinski definition) is 3. The maximum absolute atomic E-state index is 13.5. The Morgan fingerprint density at radius 3 is 2.77 bits per heavy atom. The first kappa shape index (κ1) is 16.7. The van der Waals surface area contributed by atoms with Crippen LogP contribution in [0.1, 0.15) is 36.0 Å². The highest BCUT2D eigenvalue weighted by molar-refractivity contribution is 6.01. The van der Waals surface area contributed by atoms with Gasteiger partial charge in [0.15, 0.2) is 0 Å². The third kappa shape index (κ3) is 2.97. The molecule has 1 aliphatic rings. The number of rotatable bonds is 4. The minimum absolute atomic E-state index is 0.0543. The van der Waals surface area contributed by atoms with E-state index in [1.165, 1.54) is 12.1 Å². The van der Waals surface area contributed by atoms with Gasteiger partial charge in [-0.2, -0.15) is 5.10 Å². The van der Waals surface area contributed by atoms with Gasteiger partial charge >= 0.3 is 0 Å².